The zero-order valence-electron chi connectivity index (χ0n) is 24.0. The van der Waals surface area contributed by atoms with Gasteiger partial charge in [-0.15, -0.1) is 0 Å². The Bertz CT molecular complexity index is 1470. The van der Waals surface area contributed by atoms with E-state index in [4.69, 9.17) is 14.3 Å². The molecule has 0 amide bonds. The normalized spacial score (nSPS) is 24.6. The summed E-state index contributed by atoms with van der Waals surface area (Å²) < 4.78 is 12.6. The maximum Gasteiger partial charge on any atom is 0.318 e. The molecule has 0 spiro atoms. The molecule has 1 saturated carbocycles. The van der Waals surface area contributed by atoms with Crippen LogP contribution in [0.4, 0.5) is 5.69 Å². The Hall–Kier alpha value is -4.12. The second kappa shape index (κ2) is 11.4. The standard InChI is InChI=1S/C36H38N2O3/c1-25-21-22-29(36(2,3)27-16-9-5-10-17-27)31(24-25)41-35(39)32-33(26-14-7-4-8-15-26)37-38(28-18-11-6-12-19-28)34(32)30-20-13-23-40-30/h4-20,23,25,29,31-32,34H,21-22,24H2,1-3H3/t25-,29-,31-,32+,34-/m1/s1. The summed E-state index contributed by atoms with van der Waals surface area (Å²) in [6.07, 6.45) is 4.46. The number of hydrogen-bond donors (Lipinski definition) is 0. The van der Waals surface area contributed by atoms with Crippen molar-refractivity contribution in [3.8, 4) is 0 Å². The zero-order chi connectivity index (χ0) is 28.4. The van der Waals surface area contributed by atoms with Crippen molar-refractivity contribution >= 4 is 17.4 Å². The van der Waals surface area contributed by atoms with Crippen LogP contribution >= 0.6 is 0 Å². The third-order valence-electron chi connectivity index (χ3n) is 9.03. The highest BCUT2D eigenvalue weighted by atomic mass is 16.5. The monoisotopic (exact) mass is 546 g/mol. The van der Waals surface area contributed by atoms with Crippen molar-refractivity contribution in [2.75, 3.05) is 5.01 Å². The summed E-state index contributed by atoms with van der Waals surface area (Å²) >= 11 is 0. The van der Waals surface area contributed by atoms with E-state index in [1.54, 1.807) is 6.26 Å². The molecule has 1 aliphatic carbocycles. The summed E-state index contributed by atoms with van der Waals surface area (Å²) in [7, 11) is 0. The van der Waals surface area contributed by atoms with Crippen molar-refractivity contribution in [2.45, 2.75) is 57.6 Å². The van der Waals surface area contributed by atoms with Crippen molar-refractivity contribution < 1.29 is 13.9 Å². The van der Waals surface area contributed by atoms with Gasteiger partial charge in [-0.2, -0.15) is 5.10 Å². The van der Waals surface area contributed by atoms with E-state index in [2.05, 4.69) is 51.1 Å². The summed E-state index contributed by atoms with van der Waals surface area (Å²) in [6, 6.07) is 33.9. The lowest BCUT2D eigenvalue weighted by atomic mass is 9.64. The maximum atomic E-state index is 14.5. The highest BCUT2D eigenvalue weighted by molar-refractivity contribution is 6.14. The lowest BCUT2D eigenvalue weighted by Crippen LogP contribution is -2.45. The quantitative estimate of drug-likeness (QED) is 0.219. The number of anilines is 1. The van der Waals surface area contributed by atoms with E-state index in [1.807, 2.05) is 77.8 Å². The van der Waals surface area contributed by atoms with Crippen LogP contribution in [0, 0.1) is 17.8 Å². The van der Waals surface area contributed by atoms with Crippen LogP contribution in [-0.4, -0.2) is 17.8 Å². The number of rotatable bonds is 7. The third kappa shape index (κ3) is 5.33. The number of benzene rings is 3. The van der Waals surface area contributed by atoms with E-state index >= 15 is 0 Å². The summed E-state index contributed by atoms with van der Waals surface area (Å²) in [6.45, 7) is 6.85. The van der Waals surface area contributed by atoms with Gasteiger partial charge < -0.3 is 9.15 Å². The number of nitrogens with zero attached hydrogens (tertiary/aromatic N) is 2. The Morgan fingerprint density at radius 3 is 2.20 bits per heavy atom. The first-order chi connectivity index (χ1) is 19.9. The number of hydrogen-bond acceptors (Lipinski definition) is 5. The smallest absolute Gasteiger partial charge is 0.318 e. The molecule has 0 radical (unpaired) electrons. The summed E-state index contributed by atoms with van der Waals surface area (Å²) in [5.41, 5.74) is 3.63. The topological polar surface area (TPSA) is 55.0 Å². The van der Waals surface area contributed by atoms with E-state index in [-0.39, 0.29) is 23.4 Å². The van der Waals surface area contributed by atoms with Crippen LogP contribution in [0.1, 0.15) is 63.0 Å². The molecule has 1 aliphatic heterocycles. The third-order valence-corrected chi connectivity index (χ3v) is 9.03. The minimum absolute atomic E-state index is 0.144. The Balaban J connectivity index is 1.38. The molecular formula is C36H38N2O3. The number of furan rings is 1. The first kappa shape index (κ1) is 27.1. The van der Waals surface area contributed by atoms with E-state index < -0.39 is 12.0 Å². The Morgan fingerprint density at radius 2 is 1.54 bits per heavy atom. The molecule has 2 aliphatic rings. The number of ether oxygens (including phenoxy) is 1. The van der Waals surface area contributed by atoms with Crippen LogP contribution in [0.25, 0.3) is 0 Å². The Labute approximate surface area is 242 Å². The Kier molecular flexibility index (Phi) is 7.53. The first-order valence-electron chi connectivity index (χ1n) is 14.7. The predicted octanol–water partition coefficient (Wildman–Crippen LogP) is 8.19. The molecule has 41 heavy (non-hydrogen) atoms. The molecule has 3 aromatic carbocycles. The molecule has 4 aromatic rings. The van der Waals surface area contributed by atoms with Crippen LogP contribution in [0.2, 0.25) is 0 Å². The van der Waals surface area contributed by atoms with Crippen LogP contribution in [0.3, 0.4) is 0 Å². The van der Waals surface area contributed by atoms with E-state index in [0.29, 0.717) is 17.4 Å². The van der Waals surface area contributed by atoms with Gasteiger partial charge in [0.1, 0.15) is 23.8 Å². The second-order valence-corrected chi connectivity index (χ2v) is 12.1. The fraction of sp³-hybridized carbons (Fsp3) is 0.333. The fourth-order valence-electron chi connectivity index (χ4n) is 6.75. The molecule has 1 aromatic heterocycles. The van der Waals surface area contributed by atoms with Crippen LogP contribution in [0.15, 0.2) is 119 Å². The van der Waals surface area contributed by atoms with Crippen molar-refractivity contribution in [1.82, 2.24) is 0 Å². The van der Waals surface area contributed by atoms with Gasteiger partial charge in [0.25, 0.3) is 0 Å². The van der Waals surface area contributed by atoms with Gasteiger partial charge >= 0.3 is 5.97 Å². The molecule has 0 N–H and O–H groups in total. The van der Waals surface area contributed by atoms with Crippen LogP contribution in [-0.2, 0) is 14.9 Å². The minimum Gasteiger partial charge on any atom is -0.467 e. The lowest BCUT2D eigenvalue weighted by Gasteiger charge is -2.44. The molecule has 5 heteroatoms. The highest BCUT2D eigenvalue weighted by Crippen LogP contribution is 2.46. The number of carbonyl (C=O) groups is 1. The number of hydrazone groups is 1. The van der Waals surface area contributed by atoms with Crippen LogP contribution < -0.4 is 5.01 Å². The van der Waals surface area contributed by atoms with Gasteiger partial charge in [-0.1, -0.05) is 106 Å². The molecular weight excluding hydrogens is 508 g/mol. The van der Waals surface area contributed by atoms with Gasteiger partial charge in [0.2, 0.25) is 0 Å². The fourth-order valence-corrected chi connectivity index (χ4v) is 6.75. The summed E-state index contributed by atoms with van der Waals surface area (Å²) in [4.78, 5) is 14.5. The van der Waals surface area contributed by atoms with E-state index in [9.17, 15) is 4.79 Å². The van der Waals surface area contributed by atoms with Gasteiger partial charge in [0, 0.05) is 5.92 Å². The molecule has 5 nitrogen and oxygen atoms in total. The lowest BCUT2D eigenvalue weighted by molar-refractivity contribution is -0.159. The molecule has 0 bridgehead atoms. The average molecular weight is 547 g/mol. The first-order valence-corrected chi connectivity index (χ1v) is 14.7. The molecule has 0 unspecified atom stereocenters. The molecule has 2 heterocycles. The van der Waals surface area contributed by atoms with Crippen LogP contribution in [0.5, 0.6) is 0 Å². The van der Waals surface area contributed by atoms with Crippen molar-refractivity contribution in [3.05, 3.63) is 126 Å². The predicted molar refractivity (Wildman–Crippen MR) is 163 cm³/mol. The Morgan fingerprint density at radius 1 is 0.878 bits per heavy atom. The molecule has 5 atom stereocenters. The number of carbonyl (C=O) groups excluding carboxylic acids is 1. The van der Waals surface area contributed by atoms with Gasteiger partial charge in [0.05, 0.1) is 17.7 Å². The van der Waals surface area contributed by atoms with E-state index in [0.717, 1.165) is 30.5 Å². The number of para-hydroxylation sites is 1. The van der Waals surface area contributed by atoms with Crippen molar-refractivity contribution in [1.29, 1.82) is 0 Å². The average Bonchev–Trinajstić information content (AvgIpc) is 3.67. The molecule has 6 rings (SSSR count). The second-order valence-electron chi connectivity index (χ2n) is 12.1. The summed E-state index contributed by atoms with van der Waals surface area (Å²) in [5.74, 6) is 0.476. The molecule has 0 saturated heterocycles. The van der Waals surface area contributed by atoms with E-state index in [1.165, 1.54) is 5.56 Å². The number of esters is 1. The minimum atomic E-state index is -0.651. The SMILES string of the molecule is C[C@@H]1CC[C@@H](C(C)(C)c2ccccc2)[C@H](OC(=O)[C@H]2C(c3ccccc3)=NN(c3ccccc3)[C@@H]2c2ccco2)C1. The largest absolute Gasteiger partial charge is 0.467 e. The molecule has 1 fully saturated rings. The highest BCUT2D eigenvalue weighted by Gasteiger charge is 2.49. The van der Waals surface area contributed by atoms with Gasteiger partial charge in [-0.05, 0) is 59.6 Å². The van der Waals surface area contributed by atoms with Gasteiger partial charge in [-0.25, -0.2) is 0 Å². The summed E-state index contributed by atoms with van der Waals surface area (Å²) in [5, 5.41) is 7.00. The molecule has 210 valence electrons. The van der Waals surface area contributed by atoms with Gasteiger partial charge in [-0.3, -0.25) is 9.80 Å². The van der Waals surface area contributed by atoms with Gasteiger partial charge in [0.15, 0.2) is 0 Å². The zero-order valence-corrected chi connectivity index (χ0v) is 24.0. The van der Waals surface area contributed by atoms with Crippen molar-refractivity contribution in [2.24, 2.45) is 22.9 Å². The van der Waals surface area contributed by atoms with Crippen molar-refractivity contribution in [3.63, 3.8) is 0 Å². The maximum absolute atomic E-state index is 14.5.